The SMILES string of the molecule is CCC1(CC)CC(NC(=O)C2CCCNC2C)CCO1. The largest absolute Gasteiger partial charge is 0.375 e. The number of hydrogen-bond acceptors (Lipinski definition) is 3. The van der Waals surface area contributed by atoms with Crippen LogP contribution in [0.1, 0.15) is 59.3 Å². The van der Waals surface area contributed by atoms with E-state index in [2.05, 4.69) is 31.4 Å². The second kappa shape index (κ2) is 6.90. The lowest BCUT2D eigenvalue weighted by Gasteiger charge is -2.41. The van der Waals surface area contributed by atoms with Crippen LogP contribution in [0.5, 0.6) is 0 Å². The first-order valence-electron chi connectivity index (χ1n) is 8.28. The molecule has 2 rings (SSSR count). The third-order valence-electron chi connectivity index (χ3n) is 5.23. The van der Waals surface area contributed by atoms with E-state index in [-0.39, 0.29) is 23.5 Å². The molecule has 2 N–H and O–H groups in total. The molecular weight excluding hydrogens is 252 g/mol. The zero-order chi connectivity index (χ0) is 14.6. The van der Waals surface area contributed by atoms with Gasteiger partial charge in [-0.3, -0.25) is 4.79 Å². The van der Waals surface area contributed by atoms with Gasteiger partial charge in [0.05, 0.1) is 11.5 Å². The summed E-state index contributed by atoms with van der Waals surface area (Å²) in [5.41, 5.74) is -0.0212. The van der Waals surface area contributed by atoms with E-state index in [9.17, 15) is 4.79 Å². The molecule has 20 heavy (non-hydrogen) atoms. The Morgan fingerprint density at radius 3 is 2.75 bits per heavy atom. The zero-order valence-electron chi connectivity index (χ0n) is 13.2. The fourth-order valence-corrected chi connectivity index (χ4v) is 3.60. The molecule has 0 radical (unpaired) electrons. The zero-order valence-corrected chi connectivity index (χ0v) is 13.2. The van der Waals surface area contributed by atoms with Gasteiger partial charge in [0.1, 0.15) is 0 Å². The van der Waals surface area contributed by atoms with Crippen molar-refractivity contribution >= 4 is 5.91 Å². The van der Waals surface area contributed by atoms with Crippen LogP contribution in [0, 0.1) is 5.92 Å². The van der Waals surface area contributed by atoms with Crippen LogP contribution in [0.25, 0.3) is 0 Å². The van der Waals surface area contributed by atoms with E-state index in [1.54, 1.807) is 0 Å². The predicted molar refractivity (Wildman–Crippen MR) is 80.6 cm³/mol. The van der Waals surface area contributed by atoms with Gasteiger partial charge in [-0.1, -0.05) is 13.8 Å². The van der Waals surface area contributed by atoms with Crippen molar-refractivity contribution in [3.8, 4) is 0 Å². The topological polar surface area (TPSA) is 50.4 Å². The Kier molecular flexibility index (Phi) is 5.44. The first-order valence-corrected chi connectivity index (χ1v) is 8.28. The molecule has 2 heterocycles. The van der Waals surface area contributed by atoms with E-state index in [1.165, 1.54) is 0 Å². The lowest BCUT2D eigenvalue weighted by Crippen LogP contribution is -2.52. The maximum absolute atomic E-state index is 12.5. The van der Waals surface area contributed by atoms with Gasteiger partial charge < -0.3 is 15.4 Å². The lowest BCUT2D eigenvalue weighted by atomic mass is 9.85. The van der Waals surface area contributed by atoms with Crippen LogP contribution in [0.3, 0.4) is 0 Å². The third kappa shape index (κ3) is 3.53. The quantitative estimate of drug-likeness (QED) is 0.831. The summed E-state index contributed by atoms with van der Waals surface area (Å²) in [7, 11) is 0. The second-order valence-corrected chi connectivity index (χ2v) is 6.43. The molecule has 2 aliphatic rings. The van der Waals surface area contributed by atoms with E-state index in [1.807, 2.05) is 0 Å². The summed E-state index contributed by atoms with van der Waals surface area (Å²) in [6.07, 6.45) is 6.07. The Morgan fingerprint density at radius 2 is 2.10 bits per heavy atom. The number of carbonyl (C=O) groups is 1. The number of carbonyl (C=O) groups excluding carboxylic acids is 1. The van der Waals surface area contributed by atoms with E-state index >= 15 is 0 Å². The van der Waals surface area contributed by atoms with Gasteiger partial charge in [-0.05, 0) is 52.0 Å². The van der Waals surface area contributed by atoms with E-state index < -0.39 is 0 Å². The number of rotatable bonds is 4. The van der Waals surface area contributed by atoms with Crippen LogP contribution < -0.4 is 10.6 Å². The van der Waals surface area contributed by atoms with Gasteiger partial charge in [0.15, 0.2) is 0 Å². The molecule has 2 aliphatic heterocycles. The van der Waals surface area contributed by atoms with Crippen LogP contribution in [0.2, 0.25) is 0 Å². The number of nitrogens with one attached hydrogen (secondary N) is 2. The molecule has 116 valence electrons. The highest BCUT2D eigenvalue weighted by molar-refractivity contribution is 5.79. The minimum atomic E-state index is -0.0212. The van der Waals surface area contributed by atoms with Gasteiger partial charge in [0.2, 0.25) is 5.91 Å². The highest BCUT2D eigenvalue weighted by atomic mass is 16.5. The molecule has 3 unspecified atom stereocenters. The molecule has 0 aromatic rings. The first kappa shape index (κ1) is 15.8. The smallest absolute Gasteiger partial charge is 0.224 e. The standard InChI is InChI=1S/C16H30N2O2/c1-4-16(5-2)11-13(8-10-20-16)18-15(19)14-7-6-9-17-12(14)3/h12-14,17H,4-11H2,1-3H3,(H,18,19). The maximum atomic E-state index is 12.5. The van der Waals surface area contributed by atoms with Crippen LogP contribution >= 0.6 is 0 Å². The summed E-state index contributed by atoms with van der Waals surface area (Å²) in [6.45, 7) is 8.29. The molecule has 2 saturated heterocycles. The monoisotopic (exact) mass is 282 g/mol. The molecule has 0 spiro atoms. The highest BCUT2D eigenvalue weighted by Gasteiger charge is 2.36. The van der Waals surface area contributed by atoms with Crippen molar-refractivity contribution in [3.63, 3.8) is 0 Å². The van der Waals surface area contributed by atoms with Crippen molar-refractivity contribution < 1.29 is 9.53 Å². The van der Waals surface area contributed by atoms with Crippen LogP contribution in [0.15, 0.2) is 0 Å². The van der Waals surface area contributed by atoms with Gasteiger partial charge in [0.25, 0.3) is 0 Å². The van der Waals surface area contributed by atoms with Crippen molar-refractivity contribution in [1.29, 1.82) is 0 Å². The van der Waals surface area contributed by atoms with Gasteiger partial charge in [-0.2, -0.15) is 0 Å². The van der Waals surface area contributed by atoms with Crippen molar-refractivity contribution in [3.05, 3.63) is 0 Å². The lowest BCUT2D eigenvalue weighted by molar-refractivity contribution is -0.131. The number of ether oxygens (including phenoxy) is 1. The highest BCUT2D eigenvalue weighted by Crippen LogP contribution is 2.31. The van der Waals surface area contributed by atoms with Gasteiger partial charge in [-0.25, -0.2) is 0 Å². The Balaban J connectivity index is 1.90. The summed E-state index contributed by atoms with van der Waals surface area (Å²) in [5, 5.41) is 6.69. The first-order chi connectivity index (χ1) is 9.60. The van der Waals surface area contributed by atoms with Crippen molar-refractivity contribution in [2.45, 2.75) is 77.0 Å². The van der Waals surface area contributed by atoms with Crippen molar-refractivity contribution in [1.82, 2.24) is 10.6 Å². The Hall–Kier alpha value is -0.610. The second-order valence-electron chi connectivity index (χ2n) is 6.43. The fourth-order valence-electron chi connectivity index (χ4n) is 3.60. The fraction of sp³-hybridized carbons (Fsp3) is 0.938. The van der Waals surface area contributed by atoms with Crippen LogP contribution in [-0.4, -0.2) is 36.7 Å². The Bertz CT molecular complexity index is 328. The van der Waals surface area contributed by atoms with E-state index in [0.717, 1.165) is 51.7 Å². The number of hydrogen-bond donors (Lipinski definition) is 2. The van der Waals surface area contributed by atoms with Crippen molar-refractivity contribution in [2.75, 3.05) is 13.2 Å². The molecule has 1 amide bonds. The van der Waals surface area contributed by atoms with E-state index in [4.69, 9.17) is 4.74 Å². The average molecular weight is 282 g/mol. The minimum absolute atomic E-state index is 0.0212. The molecular formula is C16H30N2O2. The molecule has 0 aromatic heterocycles. The summed E-state index contributed by atoms with van der Waals surface area (Å²) >= 11 is 0. The third-order valence-corrected chi connectivity index (χ3v) is 5.23. The molecule has 0 aliphatic carbocycles. The molecule has 0 aromatic carbocycles. The molecule has 4 nitrogen and oxygen atoms in total. The number of piperidine rings is 1. The Labute approximate surface area is 123 Å². The predicted octanol–water partition coefficient (Wildman–Crippen LogP) is 2.23. The molecule has 4 heteroatoms. The molecule has 0 bridgehead atoms. The van der Waals surface area contributed by atoms with E-state index in [0.29, 0.717) is 6.04 Å². The summed E-state index contributed by atoms with van der Waals surface area (Å²) in [6, 6.07) is 0.580. The average Bonchev–Trinajstić information content (AvgIpc) is 2.47. The van der Waals surface area contributed by atoms with Gasteiger partial charge in [-0.15, -0.1) is 0 Å². The van der Waals surface area contributed by atoms with Crippen LogP contribution in [0.4, 0.5) is 0 Å². The molecule has 3 atom stereocenters. The number of amides is 1. The maximum Gasteiger partial charge on any atom is 0.224 e. The summed E-state index contributed by atoms with van der Waals surface area (Å²) in [4.78, 5) is 12.5. The van der Waals surface area contributed by atoms with Crippen molar-refractivity contribution in [2.24, 2.45) is 5.92 Å². The molecule has 0 saturated carbocycles. The Morgan fingerprint density at radius 1 is 1.35 bits per heavy atom. The summed E-state index contributed by atoms with van der Waals surface area (Å²) < 4.78 is 5.98. The minimum Gasteiger partial charge on any atom is -0.375 e. The molecule has 2 fully saturated rings. The normalized spacial score (nSPS) is 33.6. The van der Waals surface area contributed by atoms with Gasteiger partial charge in [0, 0.05) is 18.7 Å². The van der Waals surface area contributed by atoms with Gasteiger partial charge >= 0.3 is 0 Å². The van der Waals surface area contributed by atoms with Crippen LogP contribution in [-0.2, 0) is 9.53 Å². The summed E-state index contributed by atoms with van der Waals surface area (Å²) in [5.74, 6) is 0.363.